The lowest BCUT2D eigenvalue weighted by Crippen LogP contribution is -2.32. The molecular formula is C12H10BrNO4S3. The molecule has 1 aromatic carbocycles. The van der Waals surface area contributed by atoms with Gasteiger partial charge in [-0.3, -0.25) is 14.2 Å². The van der Waals surface area contributed by atoms with Crippen molar-refractivity contribution < 1.29 is 17.8 Å². The Hall–Kier alpha value is -0.740. The van der Waals surface area contributed by atoms with Crippen molar-refractivity contribution in [3.63, 3.8) is 0 Å². The summed E-state index contributed by atoms with van der Waals surface area (Å²) in [6.07, 6.45) is 1.69. The van der Waals surface area contributed by atoms with Crippen LogP contribution in [0.5, 0.6) is 0 Å². The van der Waals surface area contributed by atoms with Gasteiger partial charge in [-0.2, -0.15) is 8.42 Å². The second-order valence-corrected chi connectivity index (χ2v) is 8.34. The predicted molar refractivity (Wildman–Crippen MR) is 90.4 cm³/mol. The monoisotopic (exact) mass is 407 g/mol. The zero-order chi connectivity index (χ0) is 15.6. The number of thiocarbonyl (C=S) groups is 1. The first-order valence-corrected chi connectivity index (χ1v) is 9.35. The van der Waals surface area contributed by atoms with Gasteiger partial charge in [0.05, 0.1) is 10.7 Å². The maximum atomic E-state index is 12.2. The summed E-state index contributed by atoms with van der Waals surface area (Å²) in [5.74, 6) is -0.891. The van der Waals surface area contributed by atoms with E-state index >= 15 is 0 Å². The molecule has 112 valence electrons. The number of amides is 1. The Balaban J connectivity index is 2.18. The Kier molecular flexibility index (Phi) is 5.20. The van der Waals surface area contributed by atoms with Crippen molar-refractivity contribution in [3.8, 4) is 0 Å². The van der Waals surface area contributed by atoms with Crippen molar-refractivity contribution in [3.05, 3.63) is 39.2 Å². The molecular weight excluding hydrogens is 398 g/mol. The first kappa shape index (κ1) is 16.6. The summed E-state index contributed by atoms with van der Waals surface area (Å²) < 4.78 is 31.4. The Morgan fingerprint density at radius 2 is 2.14 bits per heavy atom. The minimum atomic E-state index is -4.13. The zero-order valence-corrected chi connectivity index (χ0v) is 14.6. The summed E-state index contributed by atoms with van der Waals surface area (Å²) in [5, 5.41) is 0. The molecule has 1 saturated heterocycles. The third kappa shape index (κ3) is 4.62. The minimum absolute atomic E-state index is 0.153. The van der Waals surface area contributed by atoms with E-state index in [0.717, 1.165) is 21.8 Å². The molecule has 0 saturated carbocycles. The minimum Gasteiger partial charge on any atom is -0.292 e. The SMILES string of the molecule is O=C1/C(=C/c2cccc(Br)c2)SC(=S)N1CCS(=O)(=O)O. The molecule has 1 aromatic rings. The van der Waals surface area contributed by atoms with E-state index in [-0.39, 0.29) is 16.8 Å². The molecule has 0 aliphatic carbocycles. The van der Waals surface area contributed by atoms with Gasteiger partial charge in [-0.25, -0.2) is 0 Å². The highest BCUT2D eigenvalue weighted by Crippen LogP contribution is 2.32. The van der Waals surface area contributed by atoms with E-state index in [0.29, 0.717) is 4.91 Å². The van der Waals surface area contributed by atoms with Crippen LogP contribution in [-0.4, -0.2) is 40.4 Å². The molecule has 5 nitrogen and oxygen atoms in total. The number of hydrogen-bond acceptors (Lipinski definition) is 5. The van der Waals surface area contributed by atoms with Crippen molar-refractivity contribution in [2.24, 2.45) is 0 Å². The molecule has 1 aliphatic rings. The van der Waals surface area contributed by atoms with Crippen LogP contribution < -0.4 is 0 Å². The van der Waals surface area contributed by atoms with Gasteiger partial charge in [-0.05, 0) is 23.8 Å². The number of carbonyl (C=O) groups excluding carboxylic acids is 1. The Morgan fingerprint density at radius 1 is 1.43 bits per heavy atom. The average Bonchev–Trinajstić information content (AvgIpc) is 2.61. The van der Waals surface area contributed by atoms with Crippen molar-refractivity contribution in [1.82, 2.24) is 4.90 Å². The van der Waals surface area contributed by atoms with E-state index < -0.39 is 15.9 Å². The maximum Gasteiger partial charge on any atom is 0.266 e. The van der Waals surface area contributed by atoms with Gasteiger partial charge in [0.1, 0.15) is 4.32 Å². The highest BCUT2D eigenvalue weighted by atomic mass is 79.9. The number of nitrogens with zero attached hydrogens (tertiary/aromatic N) is 1. The topological polar surface area (TPSA) is 74.7 Å². The fourth-order valence-corrected chi connectivity index (χ4v) is 3.79. The van der Waals surface area contributed by atoms with Gasteiger partial charge < -0.3 is 0 Å². The van der Waals surface area contributed by atoms with E-state index in [1.807, 2.05) is 24.3 Å². The summed E-state index contributed by atoms with van der Waals surface area (Å²) in [6, 6.07) is 7.41. The van der Waals surface area contributed by atoms with Crippen LogP contribution in [0.3, 0.4) is 0 Å². The van der Waals surface area contributed by atoms with E-state index in [4.69, 9.17) is 16.8 Å². The van der Waals surface area contributed by atoms with Gasteiger partial charge in [0.25, 0.3) is 16.0 Å². The van der Waals surface area contributed by atoms with Crippen LogP contribution in [0, 0.1) is 0 Å². The largest absolute Gasteiger partial charge is 0.292 e. The molecule has 1 fully saturated rings. The van der Waals surface area contributed by atoms with Crippen LogP contribution in [0.2, 0.25) is 0 Å². The number of benzene rings is 1. The van der Waals surface area contributed by atoms with Gasteiger partial charge in [-0.15, -0.1) is 0 Å². The maximum absolute atomic E-state index is 12.2. The first-order valence-electron chi connectivity index (χ1n) is 5.72. The molecule has 1 N–H and O–H groups in total. The number of halogens is 1. The molecule has 1 heterocycles. The normalized spacial score (nSPS) is 17.8. The van der Waals surface area contributed by atoms with Gasteiger partial charge in [-0.1, -0.05) is 52.0 Å². The van der Waals surface area contributed by atoms with E-state index in [2.05, 4.69) is 15.9 Å². The molecule has 0 radical (unpaired) electrons. The molecule has 21 heavy (non-hydrogen) atoms. The third-order valence-electron chi connectivity index (χ3n) is 2.59. The molecule has 2 rings (SSSR count). The number of carbonyl (C=O) groups is 1. The molecule has 0 unspecified atom stereocenters. The second-order valence-electron chi connectivity index (χ2n) is 4.17. The highest BCUT2D eigenvalue weighted by Gasteiger charge is 2.32. The first-order chi connectivity index (χ1) is 9.76. The van der Waals surface area contributed by atoms with E-state index in [1.54, 1.807) is 6.08 Å². The zero-order valence-electron chi connectivity index (χ0n) is 10.5. The van der Waals surface area contributed by atoms with E-state index in [9.17, 15) is 13.2 Å². The predicted octanol–water partition coefficient (Wildman–Crippen LogP) is 2.54. The Morgan fingerprint density at radius 3 is 2.76 bits per heavy atom. The third-order valence-corrected chi connectivity index (χ3v) is 5.16. The van der Waals surface area contributed by atoms with Crippen LogP contribution >= 0.6 is 39.9 Å². The van der Waals surface area contributed by atoms with Gasteiger partial charge in [0, 0.05) is 11.0 Å². The number of rotatable bonds is 4. The summed E-state index contributed by atoms with van der Waals surface area (Å²) in [4.78, 5) is 13.8. The quantitative estimate of drug-likeness (QED) is 0.469. The van der Waals surface area contributed by atoms with Gasteiger partial charge in [0.2, 0.25) is 0 Å². The lowest BCUT2D eigenvalue weighted by molar-refractivity contribution is -0.121. The fraction of sp³-hybridized carbons (Fsp3) is 0.167. The molecule has 1 aliphatic heterocycles. The fourth-order valence-electron chi connectivity index (χ4n) is 1.65. The molecule has 0 spiro atoms. The van der Waals surface area contributed by atoms with Gasteiger partial charge >= 0.3 is 0 Å². The highest BCUT2D eigenvalue weighted by molar-refractivity contribution is 9.10. The standard InChI is InChI=1S/C12H10BrNO4S3/c13-9-3-1-2-8(6-9)7-10-11(15)14(12(19)20-10)4-5-21(16,17)18/h1-3,6-7H,4-5H2,(H,16,17,18)/b10-7-. The summed E-state index contributed by atoms with van der Waals surface area (Å²) in [7, 11) is -4.13. The molecule has 0 bridgehead atoms. The Labute approximate surface area is 140 Å². The lowest BCUT2D eigenvalue weighted by Gasteiger charge is -2.12. The Bertz CT molecular complexity index is 730. The van der Waals surface area contributed by atoms with Crippen molar-refractivity contribution in [2.45, 2.75) is 0 Å². The van der Waals surface area contributed by atoms with E-state index in [1.165, 1.54) is 4.90 Å². The smallest absolute Gasteiger partial charge is 0.266 e. The molecule has 9 heteroatoms. The molecule has 1 amide bonds. The van der Waals surface area contributed by atoms with Crippen LogP contribution in [0.1, 0.15) is 5.56 Å². The summed E-state index contributed by atoms with van der Waals surface area (Å²) in [6.45, 7) is -0.153. The van der Waals surface area contributed by atoms with Crippen molar-refractivity contribution in [2.75, 3.05) is 12.3 Å². The number of hydrogen-bond donors (Lipinski definition) is 1. The van der Waals surface area contributed by atoms with Crippen LogP contribution in [0.25, 0.3) is 6.08 Å². The van der Waals surface area contributed by atoms with Crippen LogP contribution in [-0.2, 0) is 14.9 Å². The summed E-state index contributed by atoms with van der Waals surface area (Å²) in [5.41, 5.74) is 0.833. The second kappa shape index (κ2) is 6.57. The average molecular weight is 408 g/mol. The molecule has 0 atom stereocenters. The van der Waals surface area contributed by atoms with Crippen molar-refractivity contribution >= 4 is 66.3 Å². The molecule has 0 aromatic heterocycles. The lowest BCUT2D eigenvalue weighted by atomic mass is 10.2. The van der Waals surface area contributed by atoms with Gasteiger partial charge in [0.15, 0.2) is 0 Å². The van der Waals surface area contributed by atoms with Crippen LogP contribution in [0.4, 0.5) is 0 Å². The summed E-state index contributed by atoms with van der Waals surface area (Å²) >= 11 is 9.52. The van der Waals surface area contributed by atoms with Crippen LogP contribution in [0.15, 0.2) is 33.6 Å². The van der Waals surface area contributed by atoms with Crippen molar-refractivity contribution in [1.29, 1.82) is 0 Å². The number of thioether (sulfide) groups is 1.